The first-order valence-corrected chi connectivity index (χ1v) is 6.98. The second-order valence-corrected chi connectivity index (χ2v) is 6.10. The molecule has 4 atom stereocenters. The number of nitrogens with zero attached hydrogens (tertiary/aromatic N) is 3. The van der Waals surface area contributed by atoms with Crippen LogP contribution in [0.4, 0.5) is 0 Å². The van der Waals surface area contributed by atoms with E-state index in [-0.39, 0.29) is 6.61 Å². The highest BCUT2D eigenvalue weighted by atomic mass is 16.8. The van der Waals surface area contributed by atoms with Gasteiger partial charge >= 0.3 is 5.97 Å². The molecule has 2 saturated heterocycles. The van der Waals surface area contributed by atoms with Gasteiger partial charge in [-0.25, -0.2) is 0 Å². The number of azide groups is 1. The fourth-order valence-electron chi connectivity index (χ4n) is 2.65. The predicted octanol–water partition coefficient (Wildman–Crippen LogP) is 1.51. The van der Waals surface area contributed by atoms with Gasteiger partial charge in [0.05, 0.1) is 13.7 Å². The van der Waals surface area contributed by atoms with E-state index in [1.807, 2.05) is 0 Å². The molecule has 2 aliphatic rings. The van der Waals surface area contributed by atoms with Gasteiger partial charge in [0.1, 0.15) is 18.3 Å². The first kappa shape index (κ1) is 17.0. The number of rotatable bonds is 4. The van der Waals surface area contributed by atoms with Crippen molar-refractivity contribution in [2.75, 3.05) is 13.7 Å². The van der Waals surface area contributed by atoms with Crippen molar-refractivity contribution >= 4 is 5.97 Å². The molecule has 9 nitrogen and oxygen atoms in total. The summed E-state index contributed by atoms with van der Waals surface area (Å²) in [4.78, 5) is 14.6. The minimum atomic E-state index is -1.16. The number of hydrogen-bond acceptors (Lipinski definition) is 7. The zero-order valence-corrected chi connectivity index (χ0v) is 13.3. The Bertz CT molecular complexity index is 488. The van der Waals surface area contributed by atoms with Gasteiger partial charge in [-0.1, -0.05) is 5.11 Å². The van der Waals surface area contributed by atoms with Crippen LogP contribution in [-0.2, 0) is 28.5 Å². The first-order chi connectivity index (χ1) is 10.2. The molecule has 0 amide bonds. The molecule has 0 bridgehead atoms. The van der Waals surface area contributed by atoms with Crippen LogP contribution in [0.5, 0.6) is 0 Å². The van der Waals surface area contributed by atoms with Crippen LogP contribution in [0, 0.1) is 0 Å². The van der Waals surface area contributed by atoms with Gasteiger partial charge in [0.25, 0.3) is 0 Å². The van der Waals surface area contributed by atoms with E-state index in [2.05, 4.69) is 14.8 Å². The third-order valence-corrected chi connectivity index (χ3v) is 3.49. The third kappa shape index (κ3) is 3.50. The van der Waals surface area contributed by atoms with Crippen LogP contribution < -0.4 is 0 Å². The van der Waals surface area contributed by atoms with E-state index in [4.69, 9.17) is 24.5 Å². The van der Waals surface area contributed by atoms with Crippen molar-refractivity contribution in [3.63, 3.8) is 0 Å². The summed E-state index contributed by atoms with van der Waals surface area (Å²) in [6, 6.07) is -1.16. The van der Waals surface area contributed by atoms with Crippen LogP contribution in [0.25, 0.3) is 10.4 Å². The normalized spacial score (nSPS) is 34.0. The van der Waals surface area contributed by atoms with Crippen molar-refractivity contribution < 1.29 is 28.5 Å². The largest absolute Gasteiger partial charge is 0.469 e. The first-order valence-electron chi connectivity index (χ1n) is 6.98. The van der Waals surface area contributed by atoms with Crippen molar-refractivity contribution in [2.45, 2.75) is 63.6 Å². The second kappa shape index (κ2) is 6.02. The van der Waals surface area contributed by atoms with Gasteiger partial charge in [-0.3, -0.25) is 4.79 Å². The summed E-state index contributed by atoms with van der Waals surface area (Å²) < 4.78 is 27.6. The SMILES string of the molecule is COC(=O)C(N=[N+]=[N-])[C@@H]1OC(C)(C)O[C@H]1[C@H]1COC(C)(C)O1. The molecule has 124 valence electrons. The molecule has 2 rings (SSSR count). The van der Waals surface area contributed by atoms with Crippen molar-refractivity contribution in [1.29, 1.82) is 0 Å². The van der Waals surface area contributed by atoms with Gasteiger partial charge in [0, 0.05) is 4.91 Å². The fourth-order valence-corrected chi connectivity index (χ4v) is 2.65. The van der Waals surface area contributed by atoms with Crippen LogP contribution in [-0.4, -0.2) is 55.6 Å². The highest BCUT2D eigenvalue weighted by Gasteiger charge is 2.53. The molecule has 1 unspecified atom stereocenters. The van der Waals surface area contributed by atoms with Gasteiger partial charge in [0.2, 0.25) is 0 Å². The Morgan fingerprint density at radius 2 is 1.95 bits per heavy atom. The molecule has 0 spiro atoms. The van der Waals surface area contributed by atoms with Gasteiger partial charge in [-0.2, -0.15) is 0 Å². The summed E-state index contributed by atoms with van der Waals surface area (Å²) in [5, 5.41) is 3.51. The quantitative estimate of drug-likeness (QED) is 0.336. The van der Waals surface area contributed by atoms with Crippen molar-refractivity contribution in [3.05, 3.63) is 10.4 Å². The molecular weight excluding hydrogens is 294 g/mol. The number of carbonyl (C=O) groups excluding carboxylic acids is 1. The van der Waals surface area contributed by atoms with Gasteiger partial charge in [0.15, 0.2) is 17.6 Å². The van der Waals surface area contributed by atoms with Gasteiger partial charge in [-0.05, 0) is 33.2 Å². The number of methoxy groups -OCH3 is 1. The number of esters is 1. The van der Waals surface area contributed by atoms with E-state index in [0.29, 0.717) is 0 Å². The van der Waals surface area contributed by atoms with E-state index in [1.54, 1.807) is 27.7 Å². The number of carbonyl (C=O) groups is 1. The second-order valence-electron chi connectivity index (χ2n) is 6.10. The molecule has 9 heteroatoms. The minimum Gasteiger partial charge on any atom is -0.469 e. The predicted molar refractivity (Wildman–Crippen MR) is 73.7 cm³/mol. The highest BCUT2D eigenvalue weighted by molar-refractivity contribution is 5.76. The lowest BCUT2D eigenvalue weighted by Crippen LogP contribution is -2.46. The van der Waals surface area contributed by atoms with Crippen molar-refractivity contribution in [2.24, 2.45) is 5.11 Å². The van der Waals surface area contributed by atoms with Crippen LogP contribution >= 0.6 is 0 Å². The van der Waals surface area contributed by atoms with Crippen LogP contribution in [0.15, 0.2) is 5.11 Å². The minimum absolute atomic E-state index is 0.289. The van der Waals surface area contributed by atoms with E-state index in [1.165, 1.54) is 7.11 Å². The zero-order valence-electron chi connectivity index (χ0n) is 13.3. The molecule has 0 aromatic rings. The molecular formula is C13H21N3O6. The van der Waals surface area contributed by atoms with E-state index in [9.17, 15) is 4.79 Å². The lowest BCUT2D eigenvalue weighted by atomic mass is 10.0. The standard InChI is InChI=1S/C13H21N3O6/c1-12(2)19-6-7(20-12)9-10(22-13(3,4)21-9)8(15-16-14)11(17)18-5/h7-10H,6H2,1-5H3/t7-,8?,9+,10+/m1/s1. The summed E-state index contributed by atoms with van der Waals surface area (Å²) in [7, 11) is 1.22. The lowest BCUT2D eigenvalue weighted by molar-refractivity contribution is -0.175. The summed E-state index contributed by atoms with van der Waals surface area (Å²) in [6.07, 6.45) is -1.88. The van der Waals surface area contributed by atoms with E-state index >= 15 is 0 Å². The Morgan fingerprint density at radius 1 is 1.27 bits per heavy atom. The van der Waals surface area contributed by atoms with Gasteiger partial charge < -0.3 is 23.7 Å². The molecule has 0 radical (unpaired) electrons. The molecule has 0 N–H and O–H groups in total. The van der Waals surface area contributed by atoms with Crippen LogP contribution in [0.3, 0.4) is 0 Å². The Balaban J connectivity index is 2.26. The fraction of sp³-hybridized carbons (Fsp3) is 0.923. The molecule has 0 aromatic carbocycles. The Labute approximate surface area is 128 Å². The lowest BCUT2D eigenvalue weighted by Gasteiger charge is -2.25. The summed E-state index contributed by atoms with van der Waals surface area (Å²) in [5.41, 5.74) is 8.70. The smallest absolute Gasteiger partial charge is 0.317 e. The van der Waals surface area contributed by atoms with Crippen molar-refractivity contribution in [3.8, 4) is 0 Å². The molecule has 22 heavy (non-hydrogen) atoms. The maximum Gasteiger partial charge on any atom is 0.317 e. The molecule has 0 aromatic heterocycles. The monoisotopic (exact) mass is 315 g/mol. The number of ether oxygens (including phenoxy) is 5. The maximum absolute atomic E-state index is 11.9. The van der Waals surface area contributed by atoms with Crippen LogP contribution in [0.2, 0.25) is 0 Å². The average Bonchev–Trinajstić information content (AvgIpc) is 2.94. The van der Waals surface area contributed by atoms with Crippen molar-refractivity contribution in [1.82, 2.24) is 0 Å². The molecule has 2 fully saturated rings. The Morgan fingerprint density at radius 3 is 2.45 bits per heavy atom. The summed E-state index contributed by atoms with van der Waals surface area (Å²) in [6.45, 7) is 7.29. The van der Waals surface area contributed by atoms with E-state index < -0.39 is 41.9 Å². The van der Waals surface area contributed by atoms with Crippen LogP contribution in [0.1, 0.15) is 27.7 Å². The maximum atomic E-state index is 11.9. The topological polar surface area (TPSA) is 112 Å². The summed E-state index contributed by atoms with van der Waals surface area (Å²) in [5.74, 6) is -2.37. The van der Waals surface area contributed by atoms with E-state index in [0.717, 1.165) is 0 Å². The van der Waals surface area contributed by atoms with Gasteiger partial charge in [-0.15, -0.1) is 0 Å². The molecule has 0 saturated carbocycles. The molecule has 0 aliphatic carbocycles. The summed E-state index contributed by atoms with van der Waals surface area (Å²) >= 11 is 0. The zero-order chi connectivity index (χ0) is 16.5. The third-order valence-electron chi connectivity index (χ3n) is 3.49. The number of hydrogen-bond donors (Lipinski definition) is 0. The highest BCUT2D eigenvalue weighted by Crippen LogP contribution is 2.37. The Hall–Kier alpha value is -1.38. The Kier molecular flexibility index (Phi) is 4.65. The molecule has 2 aliphatic heterocycles. The molecule has 2 heterocycles. The average molecular weight is 315 g/mol.